The monoisotopic (exact) mass is 420 g/mol. The molecule has 2 N–H and O–H groups in total. The average molecular weight is 420 g/mol. The number of aromatic hydroxyl groups is 1. The van der Waals surface area contributed by atoms with Gasteiger partial charge in [-0.1, -0.05) is 30.3 Å². The van der Waals surface area contributed by atoms with Gasteiger partial charge in [-0.3, -0.25) is 9.59 Å². The van der Waals surface area contributed by atoms with Gasteiger partial charge in [0.25, 0.3) is 5.91 Å². The van der Waals surface area contributed by atoms with Crippen LogP contribution in [0.15, 0.2) is 71.1 Å². The molecule has 1 saturated heterocycles. The Labute approximate surface area is 180 Å². The zero-order valence-electron chi connectivity index (χ0n) is 17.0. The van der Waals surface area contributed by atoms with Crippen molar-refractivity contribution in [1.29, 1.82) is 0 Å². The highest BCUT2D eigenvalue weighted by molar-refractivity contribution is 5.94. The molecule has 2 amide bonds. The van der Waals surface area contributed by atoms with Gasteiger partial charge >= 0.3 is 0 Å². The molecular formula is C24H24N2O5. The lowest BCUT2D eigenvalue weighted by atomic mass is 9.95. The molecule has 2 heterocycles. The quantitative estimate of drug-likeness (QED) is 0.587. The van der Waals surface area contributed by atoms with Crippen LogP contribution in [-0.2, 0) is 11.4 Å². The van der Waals surface area contributed by atoms with Crippen molar-refractivity contribution < 1.29 is 23.8 Å². The van der Waals surface area contributed by atoms with Crippen molar-refractivity contribution in [2.45, 2.75) is 19.4 Å². The molecular weight excluding hydrogens is 396 g/mol. The van der Waals surface area contributed by atoms with Crippen LogP contribution in [0.5, 0.6) is 11.5 Å². The van der Waals surface area contributed by atoms with Gasteiger partial charge in [-0.05, 0) is 49.2 Å². The van der Waals surface area contributed by atoms with Gasteiger partial charge in [0.2, 0.25) is 5.91 Å². The molecule has 1 aliphatic heterocycles. The number of nitrogens with one attached hydrogen (secondary N) is 1. The van der Waals surface area contributed by atoms with Gasteiger partial charge in [-0.2, -0.15) is 0 Å². The summed E-state index contributed by atoms with van der Waals surface area (Å²) < 4.78 is 11.3. The van der Waals surface area contributed by atoms with Crippen molar-refractivity contribution in [3.63, 3.8) is 0 Å². The summed E-state index contributed by atoms with van der Waals surface area (Å²) in [4.78, 5) is 27.0. The summed E-state index contributed by atoms with van der Waals surface area (Å²) in [6.45, 7) is 1.17. The van der Waals surface area contributed by atoms with Crippen LogP contribution < -0.4 is 10.1 Å². The minimum atomic E-state index is -0.213. The number of likely N-dealkylation sites (tertiary alicyclic amines) is 1. The standard InChI is InChI=1S/C24H24N2O5/c27-21-9-5-4-8-20(21)25-23(28)17-12-14-26(15-13-17)24(29)22-11-10-19(31-22)16-30-18-6-2-1-3-7-18/h1-11,17,27H,12-16H2,(H,25,28). The minimum absolute atomic E-state index is 0.0355. The van der Waals surface area contributed by atoms with Gasteiger partial charge in [0.1, 0.15) is 23.9 Å². The molecule has 0 atom stereocenters. The number of hydrogen-bond acceptors (Lipinski definition) is 5. The van der Waals surface area contributed by atoms with Gasteiger partial charge in [0.15, 0.2) is 5.76 Å². The van der Waals surface area contributed by atoms with E-state index in [0.717, 1.165) is 5.75 Å². The van der Waals surface area contributed by atoms with Crippen molar-refractivity contribution >= 4 is 17.5 Å². The van der Waals surface area contributed by atoms with Crippen molar-refractivity contribution in [2.75, 3.05) is 18.4 Å². The predicted molar refractivity (Wildman–Crippen MR) is 115 cm³/mol. The molecule has 7 nitrogen and oxygen atoms in total. The number of carbonyl (C=O) groups excluding carboxylic acids is 2. The molecule has 160 valence electrons. The maximum absolute atomic E-state index is 12.8. The topological polar surface area (TPSA) is 92.0 Å². The van der Waals surface area contributed by atoms with Crippen LogP contribution in [0.4, 0.5) is 5.69 Å². The third-order valence-electron chi connectivity index (χ3n) is 5.31. The Morgan fingerprint density at radius 1 is 1.00 bits per heavy atom. The number of anilines is 1. The smallest absolute Gasteiger partial charge is 0.289 e. The summed E-state index contributed by atoms with van der Waals surface area (Å²) in [5, 5.41) is 12.6. The lowest BCUT2D eigenvalue weighted by Crippen LogP contribution is -2.41. The molecule has 3 aromatic rings. The summed E-state index contributed by atoms with van der Waals surface area (Å²) in [5.41, 5.74) is 0.395. The molecule has 0 saturated carbocycles. The zero-order chi connectivity index (χ0) is 21.6. The fraction of sp³-hybridized carbons (Fsp3) is 0.250. The molecule has 1 aliphatic rings. The number of piperidine rings is 1. The van der Waals surface area contributed by atoms with E-state index in [4.69, 9.17) is 9.15 Å². The van der Waals surface area contributed by atoms with Crippen molar-refractivity contribution in [3.8, 4) is 11.5 Å². The Hall–Kier alpha value is -3.74. The number of rotatable bonds is 6. The van der Waals surface area contributed by atoms with E-state index >= 15 is 0 Å². The van der Waals surface area contributed by atoms with Crippen LogP contribution in [-0.4, -0.2) is 34.9 Å². The predicted octanol–water partition coefficient (Wildman–Crippen LogP) is 4.06. The van der Waals surface area contributed by atoms with Gasteiger partial charge in [0, 0.05) is 19.0 Å². The van der Waals surface area contributed by atoms with Crippen molar-refractivity contribution in [2.24, 2.45) is 5.92 Å². The highest BCUT2D eigenvalue weighted by Crippen LogP contribution is 2.25. The van der Waals surface area contributed by atoms with E-state index in [-0.39, 0.29) is 35.8 Å². The number of phenols is 1. The maximum Gasteiger partial charge on any atom is 0.289 e. The third-order valence-corrected chi connectivity index (χ3v) is 5.31. The van der Waals surface area contributed by atoms with Crippen molar-refractivity contribution in [3.05, 3.63) is 78.3 Å². The average Bonchev–Trinajstić information content (AvgIpc) is 3.28. The summed E-state index contributed by atoms with van der Waals surface area (Å²) in [6, 6.07) is 19.4. The van der Waals surface area contributed by atoms with Crippen LogP contribution in [0, 0.1) is 5.92 Å². The Kier molecular flexibility index (Phi) is 6.21. The van der Waals surface area contributed by atoms with Crippen LogP contribution in [0.3, 0.4) is 0 Å². The number of ether oxygens (including phenoxy) is 1. The SMILES string of the molecule is O=C(Nc1ccccc1O)C1CCN(C(=O)c2ccc(COc3ccccc3)o2)CC1. The number of furan rings is 1. The highest BCUT2D eigenvalue weighted by Gasteiger charge is 2.29. The van der Waals surface area contributed by atoms with E-state index in [9.17, 15) is 14.7 Å². The maximum atomic E-state index is 12.8. The molecule has 0 radical (unpaired) electrons. The molecule has 2 aromatic carbocycles. The van der Waals surface area contributed by atoms with Gasteiger partial charge in [-0.15, -0.1) is 0 Å². The molecule has 7 heteroatoms. The molecule has 0 bridgehead atoms. The minimum Gasteiger partial charge on any atom is -0.506 e. The molecule has 1 fully saturated rings. The fourth-order valence-corrected chi connectivity index (χ4v) is 3.56. The first-order chi connectivity index (χ1) is 15.1. The fourth-order valence-electron chi connectivity index (χ4n) is 3.56. The molecule has 1 aromatic heterocycles. The number of benzene rings is 2. The van der Waals surface area contributed by atoms with E-state index in [2.05, 4.69) is 5.32 Å². The number of amides is 2. The normalized spacial score (nSPS) is 14.3. The molecule has 0 aliphatic carbocycles. The number of hydrogen-bond donors (Lipinski definition) is 2. The van der Waals surface area contributed by atoms with E-state index in [1.54, 1.807) is 35.2 Å². The second-order valence-electron chi connectivity index (χ2n) is 7.44. The largest absolute Gasteiger partial charge is 0.506 e. The Morgan fingerprint density at radius 2 is 1.71 bits per heavy atom. The zero-order valence-corrected chi connectivity index (χ0v) is 17.0. The lowest BCUT2D eigenvalue weighted by molar-refractivity contribution is -0.121. The van der Waals surface area contributed by atoms with Crippen LogP contribution in [0.1, 0.15) is 29.2 Å². The van der Waals surface area contributed by atoms with E-state index in [1.165, 1.54) is 6.07 Å². The second-order valence-corrected chi connectivity index (χ2v) is 7.44. The summed E-state index contributed by atoms with van der Waals surface area (Å²) in [5.74, 6) is 1.06. The highest BCUT2D eigenvalue weighted by atomic mass is 16.5. The summed E-state index contributed by atoms with van der Waals surface area (Å²) in [6.07, 6.45) is 1.10. The first-order valence-electron chi connectivity index (χ1n) is 10.2. The van der Waals surface area contributed by atoms with Gasteiger partial charge in [0.05, 0.1) is 5.69 Å². The number of carbonyl (C=O) groups is 2. The van der Waals surface area contributed by atoms with Crippen LogP contribution in [0.25, 0.3) is 0 Å². The summed E-state index contributed by atoms with van der Waals surface area (Å²) >= 11 is 0. The van der Waals surface area contributed by atoms with Gasteiger partial charge in [-0.25, -0.2) is 0 Å². The second kappa shape index (κ2) is 9.38. The van der Waals surface area contributed by atoms with Crippen LogP contribution >= 0.6 is 0 Å². The number of phenolic OH excluding ortho intramolecular Hbond substituents is 1. The Bertz CT molecular complexity index is 1040. The van der Waals surface area contributed by atoms with E-state index in [0.29, 0.717) is 37.4 Å². The van der Waals surface area contributed by atoms with Gasteiger partial charge < -0.3 is 24.5 Å². The summed E-state index contributed by atoms with van der Waals surface area (Å²) in [7, 11) is 0. The molecule has 0 unspecified atom stereocenters. The first-order valence-corrected chi connectivity index (χ1v) is 10.2. The first kappa shape index (κ1) is 20.5. The lowest BCUT2D eigenvalue weighted by Gasteiger charge is -2.30. The Balaban J connectivity index is 1.28. The Morgan fingerprint density at radius 3 is 2.45 bits per heavy atom. The molecule has 4 rings (SSSR count). The number of para-hydroxylation sites is 3. The molecule has 31 heavy (non-hydrogen) atoms. The van der Waals surface area contributed by atoms with E-state index in [1.807, 2.05) is 30.3 Å². The van der Waals surface area contributed by atoms with Crippen molar-refractivity contribution in [1.82, 2.24) is 4.90 Å². The third kappa shape index (κ3) is 5.06. The number of nitrogens with zero attached hydrogens (tertiary/aromatic N) is 1. The van der Waals surface area contributed by atoms with Crippen LogP contribution in [0.2, 0.25) is 0 Å². The van der Waals surface area contributed by atoms with E-state index < -0.39 is 0 Å². The molecule has 0 spiro atoms.